The van der Waals surface area contributed by atoms with Gasteiger partial charge in [0, 0.05) is 29.9 Å². The number of rotatable bonds is 8. The monoisotopic (exact) mass is 443 g/mol. The third-order valence-corrected chi connectivity index (χ3v) is 6.13. The van der Waals surface area contributed by atoms with E-state index in [1.165, 1.54) is 17.7 Å². The Morgan fingerprint density at radius 1 is 0.970 bits per heavy atom. The molecular weight excluding hydrogens is 417 g/mol. The van der Waals surface area contributed by atoms with Gasteiger partial charge in [-0.2, -0.15) is 0 Å². The number of aryl methyl sites for hydroxylation is 1. The molecule has 2 aromatic heterocycles. The SMILES string of the molecule is COc1ccc(CCOCC2CCc3nc(-c4ccc(F)cc4)c(-c4ccncc4)n32)cc1. The third-order valence-electron chi connectivity index (χ3n) is 6.13. The first-order valence-corrected chi connectivity index (χ1v) is 11.2. The summed E-state index contributed by atoms with van der Waals surface area (Å²) in [4.78, 5) is 9.13. The molecule has 5 rings (SSSR count). The molecule has 6 heteroatoms. The Hall–Kier alpha value is -3.51. The quantitative estimate of drug-likeness (QED) is 0.337. The van der Waals surface area contributed by atoms with Gasteiger partial charge < -0.3 is 14.0 Å². The summed E-state index contributed by atoms with van der Waals surface area (Å²) in [6.07, 6.45) is 6.32. The van der Waals surface area contributed by atoms with Crippen molar-refractivity contribution in [3.05, 3.63) is 90.3 Å². The number of aromatic nitrogens is 3. The Morgan fingerprint density at radius 2 is 1.73 bits per heavy atom. The van der Waals surface area contributed by atoms with Gasteiger partial charge in [0.25, 0.3) is 0 Å². The van der Waals surface area contributed by atoms with E-state index in [0.717, 1.165) is 53.4 Å². The van der Waals surface area contributed by atoms with Crippen molar-refractivity contribution in [2.75, 3.05) is 20.3 Å². The maximum atomic E-state index is 13.5. The molecule has 0 saturated carbocycles. The zero-order chi connectivity index (χ0) is 22.6. The van der Waals surface area contributed by atoms with Crippen molar-refractivity contribution in [3.63, 3.8) is 0 Å². The van der Waals surface area contributed by atoms with E-state index in [2.05, 4.69) is 21.7 Å². The van der Waals surface area contributed by atoms with Gasteiger partial charge in [0.2, 0.25) is 0 Å². The smallest absolute Gasteiger partial charge is 0.123 e. The topological polar surface area (TPSA) is 49.2 Å². The first kappa shape index (κ1) is 21.3. The lowest BCUT2D eigenvalue weighted by molar-refractivity contribution is 0.107. The van der Waals surface area contributed by atoms with Crippen LogP contribution in [-0.4, -0.2) is 34.9 Å². The molecule has 33 heavy (non-hydrogen) atoms. The van der Waals surface area contributed by atoms with Crippen molar-refractivity contribution in [1.82, 2.24) is 14.5 Å². The van der Waals surface area contributed by atoms with Gasteiger partial charge in [0.1, 0.15) is 17.4 Å². The molecule has 5 nitrogen and oxygen atoms in total. The Morgan fingerprint density at radius 3 is 2.45 bits per heavy atom. The summed E-state index contributed by atoms with van der Waals surface area (Å²) >= 11 is 0. The fourth-order valence-corrected chi connectivity index (χ4v) is 4.43. The largest absolute Gasteiger partial charge is 0.497 e. The van der Waals surface area contributed by atoms with Crippen molar-refractivity contribution in [3.8, 4) is 28.3 Å². The average Bonchev–Trinajstić information content (AvgIpc) is 3.43. The lowest BCUT2D eigenvalue weighted by Crippen LogP contribution is -2.14. The molecule has 0 amide bonds. The van der Waals surface area contributed by atoms with E-state index >= 15 is 0 Å². The van der Waals surface area contributed by atoms with Gasteiger partial charge >= 0.3 is 0 Å². The van der Waals surface area contributed by atoms with E-state index in [1.54, 1.807) is 31.6 Å². The van der Waals surface area contributed by atoms with Crippen LogP contribution >= 0.6 is 0 Å². The van der Waals surface area contributed by atoms with Crippen LogP contribution in [0.4, 0.5) is 4.39 Å². The molecule has 0 aliphatic carbocycles. The van der Waals surface area contributed by atoms with Crippen molar-refractivity contribution in [2.45, 2.75) is 25.3 Å². The van der Waals surface area contributed by atoms with Crippen LogP contribution < -0.4 is 4.74 Å². The highest BCUT2D eigenvalue weighted by molar-refractivity contribution is 5.79. The van der Waals surface area contributed by atoms with Gasteiger partial charge in [-0.3, -0.25) is 4.98 Å². The highest BCUT2D eigenvalue weighted by Gasteiger charge is 2.30. The number of fused-ring (bicyclic) bond motifs is 1. The lowest BCUT2D eigenvalue weighted by Gasteiger charge is -2.18. The highest BCUT2D eigenvalue weighted by atomic mass is 19.1. The molecule has 0 spiro atoms. The molecule has 2 aromatic carbocycles. The van der Waals surface area contributed by atoms with Crippen molar-refractivity contribution >= 4 is 0 Å². The number of nitrogens with zero attached hydrogens (tertiary/aromatic N) is 3. The molecule has 168 valence electrons. The second-order valence-electron chi connectivity index (χ2n) is 8.20. The van der Waals surface area contributed by atoms with E-state index in [1.807, 2.05) is 24.3 Å². The second-order valence-corrected chi connectivity index (χ2v) is 8.20. The normalized spacial score (nSPS) is 14.9. The lowest BCUT2D eigenvalue weighted by atomic mass is 10.0. The Bertz CT molecular complexity index is 1200. The molecule has 0 fully saturated rings. The molecule has 4 aromatic rings. The van der Waals surface area contributed by atoms with Gasteiger partial charge in [0.15, 0.2) is 0 Å². The molecular formula is C27H26FN3O2. The highest BCUT2D eigenvalue weighted by Crippen LogP contribution is 2.39. The van der Waals surface area contributed by atoms with Crippen LogP contribution in [0.5, 0.6) is 5.75 Å². The molecule has 1 aliphatic heterocycles. The van der Waals surface area contributed by atoms with E-state index in [9.17, 15) is 4.39 Å². The van der Waals surface area contributed by atoms with Crippen molar-refractivity contribution < 1.29 is 13.9 Å². The predicted octanol–water partition coefficient (Wildman–Crippen LogP) is 5.51. The predicted molar refractivity (Wildman–Crippen MR) is 126 cm³/mol. The zero-order valence-electron chi connectivity index (χ0n) is 18.6. The van der Waals surface area contributed by atoms with E-state index < -0.39 is 0 Å². The van der Waals surface area contributed by atoms with Gasteiger partial charge in [-0.05, 0) is 66.9 Å². The zero-order valence-corrected chi connectivity index (χ0v) is 18.6. The molecule has 1 aliphatic rings. The van der Waals surface area contributed by atoms with Crippen LogP contribution in [0.2, 0.25) is 0 Å². The van der Waals surface area contributed by atoms with Crippen LogP contribution in [0.1, 0.15) is 23.9 Å². The van der Waals surface area contributed by atoms with Gasteiger partial charge in [-0.25, -0.2) is 9.37 Å². The van der Waals surface area contributed by atoms with E-state index in [-0.39, 0.29) is 11.9 Å². The number of hydrogen-bond acceptors (Lipinski definition) is 4. The number of imidazole rings is 1. The summed E-state index contributed by atoms with van der Waals surface area (Å²) in [5.74, 6) is 1.66. The summed E-state index contributed by atoms with van der Waals surface area (Å²) in [7, 11) is 1.67. The maximum Gasteiger partial charge on any atom is 0.123 e. The average molecular weight is 444 g/mol. The number of benzene rings is 2. The summed E-state index contributed by atoms with van der Waals surface area (Å²) in [6.45, 7) is 1.28. The minimum absolute atomic E-state index is 0.209. The van der Waals surface area contributed by atoms with Crippen molar-refractivity contribution in [2.24, 2.45) is 0 Å². The molecule has 3 heterocycles. The van der Waals surface area contributed by atoms with E-state index in [4.69, 9.17) is 14.5 Å². The standard InChI is InChI=1S/C27H26FN3O2/c1-32-24-9-2-19(3-10-24)14-17-33-18-23-8-11-25-30-26(20-4-6-22(28)7-5-20)27(31(23)25)21-12-15-29-16-13-21/h2-7,9-10,12-13,15-16,23H,8,11,14,17-18H2,1H3. The fourth-order valence-electron chi connectivity index (χ4n) is 4.43. The summed E-state index contributed by atoms with van der Waals surface area (Å²) < 4.78 is 27.2. The van der Waals surface area contributed by atoms with Gasteiger partial charge in [0.05, 0.1) is 37.8 Å². The summed E-state index contributed by atoms with van der Waals surface area (Å²) in [5, 5.41) is 0. The van der Waals surface area contributed by atoms with Crippen LogP contribution in [-0.2, 0) is 17.6 Å². The third kappa shape index (κ3) is 4.52. The minimum Gasteiger partial charge on any atom is -0.497 e. The number of hydrogen-bond donors (Lipinski definition) is 0. The molecule has 1 atom stereocenters. The fraction of sp³-hybridized carbons (Fsp3) is 0.259. The van der Waals surface area contributed by atoms with Crippen LogP contribution in [0.15, 0.2) is 73.1 Å². The molecule has 1 unspecified atom stereocenters. The van der Waals surface area contributed by atoms with Gasteiger partial charge in [-0.1, -0.05) is 12.1 Å². The van der Waals surface area contributed by atoms with Crippen LogP contribution in [0.3, 0.4) is 0 Å². The molecule has 0 radical (unpaired) electrons. The van der Waals surface area contributed by atoms with Crippen molar-refractivity contribution in [1.29, 1.82) is 0 Å². The first-order valence-electron chi connectivity index (χ1n) is 11.2. The molecule has 0 bridgehead atoms. The number of halogens is 1. The van der Waals surface area contributed by atoms with E-state index in [0.29, 0.717) is 13.2 Å². The minimum atomic E-state index is -0.251. The van der Waals surface area contributed by atoms with Crippen LogP contribution in [0, 0.1) is 5.82 Å². The summed E-state index contributed by atoms with van der Waals surface area (Å²) in [5.41, 5.74) is 5.10. The number of pyridine rings is 1. The Balaban J connectivity index is 1.36. The number of methoxy groups -OCH3 is 1. The maximum absolute atomic E-state index is 13.5. The Kier molecular flexibility index (Phi) is 6.17. The second kappa shape index (κ2) is 9.55. The first-order chi connectivity index (χ1) is 16.2. The molecule has 0 N–H and O–H groups in total. The Labute approximate surface area is 192 Å². The number of ether oxygens (including phenoxy) is 2. The van der Waals surface area contributed by atoms with Crippen LogP contribution in [0.25, 0.3) is 22.5 Å². The van der Waals surface area contributed by atoms with Gasteiger partial charge in [-0.15, -0.1) is 0 Å². The molecule has 0 saturated heterocycles. The summed E-state index contributed by atoms with van der Waals surface area (Å²) in [6, 6.07) is 18.8.